The Balaban J connectivity index is 1.87. The van der Waals surface area contributed by atoms with E-state index < -0.39 is 32.7 Å². The Morgan fingerprint density at radius 3 is 2.39 bits per heavy atom. The normalized spacial score (nSPS) is 13.5. The Morgan fingerprint density at radius 1 is 1.14 bits per heavy atom. The Bertz CT molecular complexity index is 1070. The fourth-order valence-electron chi connectivity index (χ4n) is 2.67. The van der Waals surface area contributed by atoms with E-state index in [2.05, 4.69) is 9.71 Å². The molecule has 0 aliphatic rings. The third kappa shape index (κ3) is 4.37. The van der Waals surface area contributed by atoms with Crippen LogP contribution in [0.5, 0.6) is 0 Å². The van der Waals surface area contributed by atoms with E-state index in [0.29, 0.717) is 11.6 Å². The summed E-state index contributed by atoms with van der Waals surface area (Å²) in [4.78, 5) is 3.07. The molecule has 0 aliphatic heterocycles. The van der Waals surface area contributed by atoms with Crippen LogP contribution in [0.1, 0.15) is 24.1 Å². The van der Waals surface area contributed by atoms with Crippen LogP contribution in [0, 0.1) is 0 Å². The van der Waals surface area contributed by atoms with Gasteiger partial charge in [0.1, 0.15) is 0 Å². The SMILES string of the molecule is C[C@@H](NS(=O)(=O)c1ccc(Cl)cc1C(F)(F)F)c1ccc(-n2ccnc2)cc1. The number of halogens is 4. The number of nitrogens with one attached hydrogen (secondary N) is 1. The van der Waals surface area contributed by atoms with Crippen molar-refractivity contribution < 1.29 is 21.6 Å². The Kier molecular flexibility index (Phi) is 5.51. The van der Waals surface area contributed by atoms with Gasteiger partial charge in [0.2, 0.25) is 10.0 Å². The predicted octanol–water partition coefficient (Wildman–Crippen LogP) is 4.58. The van der Waals surface area contributed by atoms with Crippen LogP contribution < -0.4 is 4.72 Å². The maximum absolute atomic E-state index is 13.2. The molecule has 0 bridgehead atoms. The lowest BCUT2D eigenvalue weighted by molar-refractivity contribution is -0.139. The van der Waals surface area contributed by atoms with Crippen molar-refractivity contribution in [1.82, 2.24) is 14.3 Å². The van der Waals surface area contributed by atoms with Crippen LogP contribution in [-0.4, -0.2) is 18.0 Å². The molecular formula is C18H15ClF3N3O2S. The number of hydrogen-bond donors (Lipinski definition) is 1. The van der Waals surface area contributed by atoms with Crippen LogP contribution in [-0.2, 0) is 16.2 Å². The van der Waals surface area contributed by atoms with Crippen LogP contribution in [0.15, 0.2) is 66.1 Å². The molecule has 0 spiro atoms. The first-order valence-corrected chi connectivity index (χ1v) is 9.91. The zero-order valence-corrected chi connectivity index (χ0v) is 16.1. The van der Waals surface area contributed by atoms with Crippen molar-refractivity contribution in [3.63, 3.8) is 0 Å². The lowest BCUT2D eigenvalue weighted by Gasteiger charge is -2.18. The molecule has 0 radical (unpaired) electrons. The highest BCUT2D eigenvalue weighted by atomic mass is 35.5. The lowest BCUT2D eigenvalue weighted by Crippen LogP contribution is -2.29. The van der Waals surface area contributed by atoms with E-state index in [9.17, 15) is 21.6 Å². The van der Waals surface area contributed by atoms with E-state index in [0.717, 1.165) is 17.8 Å². The van der Waals surface area contributed by atoms with Gasteiger partial charge in [0.25, 0.3) is 0 Å². The minimum absolute atomic E-state index is 0.200. The highest BCUT2D eigenvalue weighted by molar-refractivity contribution is 7.89. The maximum Gasteiger partial charge on any atom is 0.417 e. The first-order chi connectivity index (χ1) is 13.1. The van der Waals surface area contributed by atoms with Gasteiger partial charge in [0.15, 0.2) is 0 Å². The van der Waals surface area contributed by atoms with E-state index in [-0.39, 0.29) is 5.02 Å². The summed E-state index contributed by atoms with van der Waals surface area (Å²) in [6, 6.07) is 8.69. The second-order valence-electron chi connectivity index (χ2n) is 6.04. The first kappa shape index (κ1) is 20.4. The molecule has 28 heavy (non-hydrogen) atoms. The molecule has 0 aliphatic carbocycles. The average Bonchev–Trinajstić information content (AvgIpc) is 3.15. The molecule has 0 amide bonds. The summed E-state index contributed by atoms with van der Waals surface area (Å²) in [5.41, 5.74) is 0.0958. The van der Waals surface area contributed by atoms with Crippen molar-refractivity contribution in [2.75, 3.05) is 0 Å². The van der Waals surface area contributed by atoms with Crippen molar-refractivity contribution in [2.45, 2.75) is 24.0 Å². The monoisotopic (exact) mass is 429 g/mol. The highest BCUT2D eigenvalue weighted by Crippen LogP contribution is 2.36. The zero-order valence-electron chi connectivity index (χ0n) is 14.5. The van der Waals surface area contributed by atoms with E-state index in [1.54, 1.807) is 54.5 Å². The number of rotatable bonds is 5. The van der Waals surface area contributed by atoms with E-state index >= 15 is 0 Å². The third-order valence-electron chi connectivity index (χ3n) is 4.06. The number of alkyl halides is 3. The highest BCUT2D eigenvalue weighted by Gasteiger charge is 2.37. The summed E-state index contributed by atoms with van der Waals surface area (Å²) in [6.45, 7) is 1.55. The molecule has 1 aromatic heterocycles. The molecule has 3 rings (SSSR count). The molecule has 2 aromatic carbocycles. The van der Waals surface area contributed by atoms with Crippen molar-refractivity contribution in [2.24, 2.45) is 0 Å². The van der Waals surface area contributed by atoms with Crippen molar-refractivity contribution >= 4 is 21.6 Å². The fourth-order valence-corrected chi connectivity index (χ4v) is 4.28. The molecule has 0 unspecified atom stereocenters. The largest absolute Gasteiger partial charge is 0.417 e. The Labute approximate surface area is 164 Å². The summed E-state index contributed by atoms with van der Waals surface area (Å²) in [5.74, 6) is 0. The average molecular weight is 430 g/mol. The Morgan fingerprint density at radius 2 is 1.82 bits per heavy atom. The zero-order chi connectivity index (χ0) is 20.5. The van der Waals surface area contributed by atoms with Gasteiger partial charge in [-0.05, 0) is 42.8 Å². The number of aromatic nitrogens is 2. The number of nitrogens with zero attached hydrogens (tertiary/aromatic N) is 2. The molecule has 1 N–H and O–H groups in total. The number of imidazole rings is 1. The van der Waals surface area contributed by atoms with Crippen molar-refractivity contribution in [3.8, 4) is 5.69 Å². The van der Waals surface area contributed by atoms with Gasteiger partial charge < -0.3 is 4.57 Å². The van der Waals surface area contributed by atoms with Gasteiger partial charge in [-0.1, -0.05) is 23.7 Å². The minimum Gasteiger partial charge on any atom is -0.306 e. The standard InChI is InChI=1S/C18H15ClF3N3O2S/c1-12(13-2-5-15(6-3-13)25-9-8-23-11-25)24-28(26,27)17-7-4-14(19)10-16(17)18(20,21)22/h2-12,24H,1H3/t12-/m1/s1. The van der Waals surface area contributed by atoms with Crippen LogP contribution >= 0.6 is 11.6 Å². The fraction of sp³-hybridized carbons (Fsp3) is 0.167. The molecule has 0 saturated heterocycles. The van der Waals surface area contributed by atoms with Gasteiger partial charge >= 0.3 is 6.18 Å². The molecular weight excluding hydrogens is 415 g/mol. The van der Waals surface area contributed by atoms with E-state index in [1.165, 1.54) is 0 Å². The summed E-state index contributed by atoms with van der Waals surface area (Å²) in [5, 5.41) is -0.200. The molecule has 0 saturated carbocycles. The van der Waals surface area contributed by atoms with Crippen LogP contribution in [0.4, 0.5) is 13.2 Å². The molecule has 10 heteroatoms. The molecule has 1 atom stereocenters. The second-order valence-corrected chi connectivity index (χ2v) is 8.16. The van der Waals surface area contributed by atoms with Gasteiger partial charge in [-0.25, -0.2) is 18.1 Å². The third-order valence-corrected chi connectivity index (χ3v) is 5.90. The van der Waals surface area contributed by atoms with Crippen LogP contribution in [0.2, 0.25) is 5.02 Å². The van der Waals surface area contributed by atoms with Gasteiger partial charge in [0.05, 0.1) is 16.8 Å². The summed E-state index contributed by atoms with van der Waals surface area (Å²) >= 11 is 5.61. The van der Waals surface area contributed by atoms with Gasteiger partial charge in [-0.3, -0.25) is 0 Å². The van der Waals surface area contributed by atoms with Gasteiger partial charge in [-0.15, -0.1) is 0 Å². The molecule has 3 aromatic rings. The Hall–Kier alpha value is -2.36. The summed E-state index contributed by atoms with van der Waals surface area (Å²) in [6.07, 6.45) is 0.125. The topological polar surface area (TPSA) is 64.0 Å². The number of sulfonamides is 1. The maximum atomic E-state index is 13.2. The lowest BCUT2D eigenvalue weighted by atomic mass is 10.1. The summed E-state index contributed by atoms with van der Waals surface area (Å²) in [7, 11) is -4.44. The van der Waals surface area contributed by atoms with E-state index in [4.69, 9.17) is 11.6 Å². The summed E-state index contributed by atoms with van der Waals surface area (Å²) < 4.78 is 68.9. The molecule has 148 valence electrons. The van der Waals surface area contributed by atoms with Crippen LogP contribution in [0.3, 0.4) is 0 Å². The molecule has 1 heterocycles. The van der Waals surface area contributed by atoms with Crippen molar-refractivity contribution in [3.05, 3.63) is 77.3 Å². The smallest absolute Gasteiger partial charge is 0.306 e. The predicted molar refractivity (Wildman–Crippen MR) is 98.8 cm³/mol. The van der Waals surface area contributed by atoms with Crippen LogP contribution in [0.25, 0.3) is 5.69 Å². The van der Waals surface area contributed by atoms with Crippen molar-refractivity contribution in [1.29, 1.82) is 0 Å². The number of hydrogen-bond acceptors (Lipinski definition) is 3. The van der Waals surface area contributed by atoms with Gasteiger partial charge in [-0.2, -0.15) is 13.2 Å². The minimum atomic E-state index is -4.86. The number of benzene rings is 2. The first-order valence-electron chi connectivity index (χ1n) is 8.05. The molecule has 0 fully saturated rings. The van der Waals surface area contributed by atoms with Gasteiger partial charge in [0, 0.05) is 29.1 Å². The second kappa shape index (κ2) is 7.57. The van der Waals surface area contributed by atoms with E-state index in [1.807, 2.05) is 0 Å². The quantitative estimate of drug-likeness (QED) is 0.645. The molecule has 5 nitrogen and oxygen atoms in total.